The Bertz CT molecular complexity index is 673. The number of nitrogens with zero attached hydrogens (tertiary/aromatic N) is 1. The number of nitro benzene ring substituents is 1. The fourth-order valence-electron chi connectivity index (χ4n) is 1.72. The molecule has 2 N–H and O–H groups in total. The van der Waals surface area contributed by atoms with Crippen LogP contribution in [0.5, 0.6) is 0 Å². The number of anilines is 1. The van der Waals surface area contributed by atoms with Gasteiger partial charge >= 0.3 is 0 Å². The zero-order valence-electron chi connectivity index (χ0n) is 11.9. The molecule has 0 amide bonds. The first-order valence-corrected chi connectivity index (χ1v) is 9.16. The van der Waals surface area contributed by atoms with Crippen molar-refractivity contribution < 1.29 is 17.6 Å². The Morgan fingerprint density at radius 2 is 2.00 bits per heavy atom. The largest absolute Gasteiger partial charge is 0.383 e. The number of nitrogens with one attached hydrogen (secondary N) is 2. The van der Waals surface area contributed by atoms with Crippen LogP contribution in [0.3, 0.4) is 0 Å². The smallest absolute Gasteiger partial charge is 0.293 e. The van der Waals surface area contributed by atoms with E-state index in [2.05, 4.69) is 10.0 Å². The minimum atomic E-state index is -3.88. The Kier molecular flexibility index (Phi) is 5.81. The summed E-state index contributed by atoms with van der Waals surface area (Å²) in [6, 6.07) is 2.43. The minimum Gasteiger partial charge on any atom is -0.383 e. The highest BCUT2D eigenvalue weighted by molar-refractivity contribution is 7.89. The van der Waals surface area contributed by atoms with E-state index in [9.17, 15) is 22.7 Å². The minimum absolute atomic E-state index is 0.00641. The van der Waals surface area contributed by atoms with E-state index in [1.165, 1.54) is 19.4 Å². The van der Waals surface area contributed by atoms with E-state index >= 15 is 0 Å². The lowest BCUT2D eigenvalue weighted by Crippen LogP contribution is -2.28. The molecule has 0 aliphatic rings. The van der Waals surface area contributed by atoms with Gasteiger partial charge in [0.15, 0.2) is 0 Å². The third-order valence-corrected chi connectivity index (χ3v) is 5.11. The number of nitro groups is 1. The molecule has 10 heteroatoms. The molecule has 1 aromatic rings. The van der Waals surface area contributed by atoms with E-state index in [-0.39, 0.29) is 28.6 Å². The Hall–Kier alpha value is -1.52. The lowest BCUT2D eigenvalue weighted by atomic mass is 10.2. The first-order valence-electron chi connectivity index (χ1n) is 5.95. The van der Waals surface area contributed by atoms with Gasteiger partial charge in [-0.3, -0.25) is 14.3 Å². The zero-order chi connectivity index (χ0) is 16.2. The second-order valence-electron chi connectivity index (χ2n) is 4.32. The van der Waals surface area contributed by atoms with Crippen LogP contribution >= 0.6 is 0 Å². The first kappa shape index (κ1) is 17.5. The molecule has 0 bridgehead atoms. The topological polar surface area (TPSA) is 118 Å². The van der Waals surface area contributed by atoms with Crippen LogP contribution in [0.4, 0.5) is 11.4 Å². The predicted octanol–water partition coefficient (Wildman–Crippen LogP) is 0.602. The van der Waals surface area contributed by atoms with Crippen molar-refractivity contribution >= 4 is 32.2 Å². The SMILES string of the molecule is CNc1cc(C)c(S(=O)(=O)NCCS(C)=O)cc1[N+](=O)[O-]. The Morgan fingerprint density at radius 1 is 1.38 bits per heavy atom. The lowest BCUT2D eigenvalue weighted by molar-refractivity contribution is -0.384. The fraction of sp³-hybridized carbons (Fsp3) is 0.455. The molecule has 1 unspecified atom stereocenters. The standard InChI is InChI=1S/C11H17N3O5S2/c1-8-6-9(12-2)10(14(15)16)7-11(8)21(18,19)13-4-5-20(3)17/h6-7,12-13H,4-5H2,1-3H3. The quantitative estimate of drug-likeness (QED) is 0.556. The number of hydrogen-bond acceptors (Lipinski definition) is 6. The van der Waals surface area contributed by atoms with Crippen molar-refractivity contribution in [3.63, 3.8) is 0 Å². The molecule has 0 aromatic heterocycles. The Labute approximate surface area is 125 Å². The number of benzene rings is 1. The third kappa shape index (κ3) is 4.48. The van der Waals surface area contributed by atoms with Gasteiger partial charge in [-0.1, -0.05) is 0 Å². The van der Waals surface area contributed by atoms with Gasteiger partial charge in [-0.15, -0.1) is 0 Å². The van der Waals surface area contributed by atoms with E-state index in [4.69, 9.17) is 0 Å². The van der Waals surface area contributed by atoms with E-state index in [1.54, 1.807) is 6.92 Å². The number of rotatable bonds is 7. The summed E-state index contributed by atoms with van der Waals surface area (Å²) in [5.41, 5.74) is 0.309. The summed E-state index contributed by atoms with van der Waals surface area (Å²) in [5.74, 6) is 0.176. The van der Waals surface area contributed by atoms with Crippen LogP contribution in [0, 0.1) is 17.0 Å². The van der Waals surface area contributed by atoms with Crippen LogP contribution in [0.25, 0.3) is 0 Å². The van der Waals surface area contributed by atoms with Crippen molar-refractivity contribution in [3.05, 3.63) is 27.8 Å². The molecule has 0 heterocycles. The maximum atomic E-state index is 12.2. The van der Waals surface area contributed by atoms with Gasteiger partial charge in [0.1, 0.15) is 5.69 Å². The molecule has 0 saturated heterocycles. The summed E-state index contributed by atoms with van der Waals surface area (Å²) < 4.78 is 37.5. The molecule has 0 fully saturated rings. The summed E-state index contributed by atoms with van der Waals surface area (Å²) in [5, 5.41) is 13.6. The molecule has 21 heavy (non-hydrogen) atoms. The van der Waals surface area contributed by atoms with Gasteiger partial charge in [0.25, 0.3) is 5.69 Å². The molecule has 1 atom stereocenters. The van der Waals surface area contributed by atoms with Crippen molar-refractivity contribution in [1.82, 2.24) is 4.72 Å². The second kappa shape index (κ2) is 6.96. The normalized spacial score (nSPS) is 12.9. The second-order valence-corrected chi connectivity index (χ2v) is 7.61. The maximum Gasteiger partial charge on any atom is 0.293 e. The molecule has 1 rings (SSSR count). The maximum absolute atomic E-state index is 12.2. The first-order chi connectivity index (χ1) is 9.69. The van der Waals surface area contributed by atoms with Gasteiger partial charge in [-0.05, 0) is 18.6 Å². The van der Waals surface area contributed by atoms with Gasteiger partial charge < -0.3 is 5.32 Å². The fourth-order valence-corrected chi connectivity index (χ4v) is 3.51. The number of sulfonamides is 1. The van der Waals surface area contributed by atoms with Gasteiger partial charge in [0, 0.05) is 42.5 Å². The molecule has 118 valence electrons. The summed E-state index contributed by atoms with van der Waals surface area (Å²) in [7, 11) is -3.49. The molecular weight excluding hydrogens is 318 g/mol. The summed E-state index contributed by atoms with van der Waals surface area (Å²) in [4.78, 5) is 10.2. The highest BCUT2D eigenvalue weighted by atomic mass is 32.2. The van der Waals surface area contributed by atoms with Crippen molar-refractivity contribution in [2.75, 3.05) is 30.9 Å². The van der Waals surface area contributed by atoms with Gasteiger partial charge in [0.2, 0.25) is 10.0 Å². The van der Waals surface area contributed by atoms with Crippen LogP contribution in [0.1, 0.15) is 5.56 Å². The van der Waals surface area contributed by atoms with Gasteiger partial charge in [-0.2, -0.15) is 0 Å². The van der Waals surface area contributed by atoms with E-state index in [1.807, 2.05) is 0 Å². The lowest BCUT2D eigenvalue weighted by Gasteiger charge is -2.11. The van der Waals surface area contributed by atoms with Crippen LogP contribution in [0.15, 0.2) is 17.0 Å². The number of aryl methyl sites for hydroxylation is 1. The van der Waals surface area contributed by atoms with Crippen LogP contribution < -0.4 is 10.0 Å². The monoisotopic (exact) mass is 335 g/mol. The van der Waals surface area contributed by atoms with Crippen LogP contribution in [-0.2, 0) is 20.8 Å². The molecule has 0 radical (unpaired) electrons. The molecular formula is C11H17N3O5S2. The van der Waals surface area contributed by atoms with Gasteiger partial charge in [-0.25, -0.2) is 13.1 Å². The Morgan fingerprint density at radius 3 is 2.48 bits per heavy atom. The van der Waals surface area contributed by atoms with E-state index in [0.29, 0.717) is 5.56 Å². The highest BCUT2D eigenvalue weighted by Gasteiger charge is 2.23. The van der Waals surface area contributed by atoms with Crippen molar-refractivity contribution in [2.24, 2.45) is 0 Å². The zero-order valence-corrected chi connectivity index (χ0v) is 13.5. The number of hydrogen-bond donors (Lipinski definition) is 2. The van der Waals surface area contributed by atoms with E-state index < -0.39 is 25.7 Å². The van der Waals surface area contributed by atoms with Crippen molar-refractivity contribution in [1.29, 1.82) is 0 Å². The summed E-state index contributed by atoms with van der Waals surface area (Å²) >= 11 is 0. The van der Waals surface area contributed by atoms with Crippen molar-refractivity contribution in [2.45, 2.75) is 11.8 Å². The molecule has 0 spiro atoms. The average Bonchev–Trinajstić information content (AvgIpc) is 2.36. The Balaban J connectivity index is 3.20. The predicted molar refractivity (Wildman–Crippen MR) is 81.5 cm³/mol. The molecule has 1 aromatic carbocycles. The summed E-state index contributed by atoms with van der Waals surface area (Å²) in [6.45, 7) is 1.56. The van der Waals surface area contributed by atoms with Crippen LogP contribution in [-0.4, -0.2) is 43.2 Å². The average molecular weight is 335 g/mol. The molecule has 0 saturated carbocycles. The summed E-state index contributed by atoms with van der Waals surface area (Å²) in [6.07, 6.45) is 1.46. The van der Waals surface area contributed by atoms with Gasteiger partial charge in [0.05, 0.1) is 9.82 Å². The van der Waals surface area contributed by atoms with E-state index in [0.717, 1.165) is 6.07 Å². The molecule has 8 nitrogen and oxygen atoms in total. The highest BCUT2D eigenvalue weighted by Crippen LogP contribution is 2.30. The third-order valence-electron chi connectivity index (χ3n) is 2.73. The van der Waals surface area contributed by atoms with Crippen LogP contribution in [0.2, 0.25) is 0 Å². The van der Waals surface area contributed by atoms with Crippen molar-refractivity contribution in [3.8, 4) is 0 Å². The molecule has 0 aliphatic heterocycles. The molecule has 0 aliphatic carbocycles.